The first-order chi connectivity index (χ1) is 9.15. The van der Waals surface area contributed by atoms with E-state index in [1.54, 1.807) is 0 Å². The molecule has 0 radical (unpaired) electrons. The van der Waals surface area contributed by atoms with Crippen molar-refractivity contribution in [3.05, 3.63) is 28.7 Å². The quantitative estimate of drug-likeness (QED) is 0.851. The molecule has 3 N–H and O–H groups in total. The van der Waals surface area contributed by atoms with Crippen molar-refractivity contribution >= 4 is 23.4 Å². The van der Waals surface area contributed by atoms with Crippen molar-refractivity contribution in [3.63, 3.8) is 0 Å². The van der Waals surface area contributed by atoms with Gasteiger partial charge in [-0.15, -0.1) is 0 Å². The van der Waals surface area contributed by atoms with Crippen LogP contribution in [0.15, 0.2) is 23.1 Å². The van der Waals surface area contributed by atoms with Crippen LogP contribution in [0.25, 0.3) is 0 Å². The molecule has 0 aliphatic carbocycles. The predicted octanol–water partition coefficient (Wildman–Crippen LogP) is 0.690. The fourth-order valence-electron chi connectivity index (χ4n) is 2.09. The van der Waals surface area contributed by atoms with E-state index in [2.05, 4.69) is 5.32 Å². The first kappa shape index (κ1) is 14.0. The number of nitrogen functional groups attached to an aromatic ring is 1. The smallest absolute Gasteiger partial charge is 0.251 e. The maximum absolute atomic E-state index is 11.8. The zero-order valence-electron chi connectivity index (χ0n) is 10.8. The van der Waals surface area contributed by atoms with Gasteiger partial charge in [0, 0.05) is 24.5 Å². The van der Waals surface area contributed by atoms with Gasteiger partial charge < -0.3 is 15.6 Å². The molecule has 6 heteroatoms. The molecule has 2 heterocycles. The van der Waals surface area contributed by atoms with E-state index in [-0.39, 0.29) is 18.0 Å². The molecule has 0 spiro atoms. The highest BCUT2D eigenvalue weighted by Gasteiger charge is 2.14. The molecular formula is C13H19N3O2S. The van der Waals surface area contributed by atoms with Crippen LogP contribution in [-0.4, -0.2) is 28.5 Å². The molecule has 104 valence electrons. The molecule has 0 saturated carbocycles. The number of hydrogen-bond acceptors (Lipinski definition) is 4. The van der Waals surface area contributed by atoms with Crippen LogP contribution in [-0.2, 0) is 11.3 Å². The number of amides is 1. The van der Waals surface area contributed by atoms with Crippen molar-refractivity contribution in [1.82, 2.24) is 9.88 Å². The monoisotopic (exact) mass is 281 g/mol. The Balaban J connectivity index is 1.83. The van der Waals surface area contributed by atoms with Gasteiger partial charge in [-0.25, -0.2) is 0 Å². The molecule has 1 saturated heterocycles. The third kappa shape index (κ3) is 4.31. The number of nitrogens with zero attached hydrogens (tertiary/aromatic N) is 1. The molecule has 19 heavy (non-hydrogen) atoms. The van der Waals surface area contributed by atoms with Crippen LogP contribution in [0, 0.1) is 5.92 Å². The number of thioether (sulfide) groups is 1. The van der Waals surface area contributed by atoms with E-state index in [4.69, 9.17) is 5.73 Å². The summed E-state index contributed by atoms with van der Waals surface area (Å²) < 4.78 is 1.33. The molecule has 0 bridgehead atoms. The molecular weight excluding hydrogens is 262 g/mol. The van der Waals surface area contributed by atoms with E-state index >= 15 is 0 Å². The van der Waals surface area contributed by atoms with Crippen LogP contribution in [0.1, 0.15) is 12.8 Å². The Bertz CT molecular complexity index is 495. The Labute approximate surface area is 116 Å². The average Bonchev–Trinajstić information content (AvgIpc) is 2.42. The lowest BCUT2D eigenvalue weighted by Gasteiger charge is -2.21. The minimum absolute atomic E-state index is 0.0331. The second kappa shape index (κ2) is 6.65. The third-order valence-electron chi connectivity index (χ3n) is 3.25. The first-order valence-corrected chi connectivity index (χ1v) is 7.61. The number of rotatable bonds is 4. The van der Waals surface area contributed by atoms with Gasteiger partial charge in [0.05, 0.1) is 0 Å². The Morgan fingerprint density at radius 2 is 2.16 bits per heavy atom. The van der Waals surface area contributed by atoms with Crippen LogP contribution in [0.3, 0.4) is 0 Å². The summed E-state index contributed by atoms with van der Waals surface area (Å²) in [6.07, 6.45) is 3.81. The van der Waals surface area contributed by atoms with Crippen LogP contribution in [0.4, 0.5) is 5.69 Å². The maximum Gasteiger partial charge on any atom is 0.251 e. The summed E-state index contributed by atoms with van der Waals surface area (Å²) in [5.41, 5.74) is 5.87. The molecule has 1 fully saturated rings. The second-order valence-electron chi connectivity index (χ2n) is 4.79. The van der Waals surface area contributed by atoms with E-state index in [0.29, 0.717) is 18.2 Å². The number of carbonyl (C=O) groups excluding carboxylic acids is 1. The first-order valence-electron chi connectivity index (χ1n) is 6.45. The summed E-state index contributed by atoms with van der Waals surface area (Å²) in [5, 5.41) is 2.90. The lowest BCUT2D eigenvalue weighted by molar-refractivity contribution is -0.121. The summed E-state index contributed by atoms with van der Waals surface area (Å²) in [7, 11) is 0. The van der Waals surface area contributed by atoms with E-state index in [1.807, 2.05) is 11.8 Å². The fraction of sp³-hybridized carbons (Fsp3) is 0.538. The number of aromatic nitrogens is 1. The molecule has 2 rings (SSSR count). The van der Waals surface area contributed by atoms with E-state index in [9.17, 15) is 9.59 Å². The number of anilines is 1. The van der Waals surface area contributed by atoms with Crippen molar-refractivity contribution in [2.75, 3.05) is 23.8 Å². The van der Waals surface area contributed by atoms with Gasteiger partial charge in [-0.3, -0.25) is 9.59 Å². The van der Waals surface area contributed by atoms with Crippen LogP contribution in [0.5, 0.6) is 0 Å². The minimum Gasteiger partial charge on any atom is -0.398 e. The maximum atomic E-state index is 11.8. The molecule has 1 aromatic heterocycles. The van der Waals surface area contributed by atoms with Crippen molar-refractivity contribution in [2.24, 2.45) is 5.92 Å². The summed E-state index contributed by atoms with van der Waals surface area (Å²) in [6, 6.07) is 2.91. The highest BCUT2D eigenvalue weighted by atomic mass is 32.2. The summed E-state index contributed by atoms with van der Waals surface area (Å²) in [4.78, 5) is 23.3. The third-order valence-corrected chi connectivity index (χ3v) is 4.30. The van der Waals surface area contributed by atoms with Crippen molar-refractivity contribution in [1.29, 1.82) is 0 Å². The van der Waals surface area contributed by atoms with Gasteiger partial charge in [-0.2, -0.15) is 11.8 Å². The van der Waals surface area contributed by atoms with E-state index in [1.165, 1.54) is 34.4 Å². The lowest BCUT2D eigenvalue weighted by Crippen LogP contribution is -2.35. The number of nitrogens with two attached hydrogens (primary N) is 1. The fourth-order valence-corrected chi connectivity index (χ4v) is 3.30. The van der Waals surface area contributed by atoms with Gasteiger partial charge in [0.2, 0.25) is 5.91 Å². The minimum atomic E-state index is -0.210. The summed E-state index contributed by atoms with van der Waals surface area (Å²) in [5.74, 6) is 2.79. The topological polar surface area (TPSA) is 77.1 Å². The molecule has 0 aromatic carbocycles. The molecule has 1 aliphatic rings. The molecule has 1 amide bonds. The normalized spacial score (nSPS) is 16.2. The number of pyridine rings is 1. The Morgan fingerprint density at radius 1 is 1.42 bits per heavy atom. The van der Waals surface area contributed by atoms with Gasteiger partial charge in [0.15, 0.2) is 0 Å². The highest BCUT2D eigenvalue weighted by molar-refractivity contribution is 7.99. The number of carbonyl (C=O) groups is 1. The zero-order chi connectivity index (χ0) is 13.7. The predicted molar refractivity (Wildman–Crippen MR) is 78.2 cm³/mol. The highest BCUT2D eigenvalue weighted by Crippen LogP contribution is 2.21. The Kier molecular flexibility index (Phi) is 4.90. The van der Waals surface area contributed by atoms with Gasteiger partial charge in [0.1, 0.15) is 6.54 Å². The second-order valence-corrected chi connectivity index (χ2v) is 6.01. The van der Waals surface area contributed by atoms with Gasteiger partial charge in [0.25, 0.3) is 5.56 Å². The number of nitrogens with one attached hydrogen (secondary N) is 1. The SMILES string of the molecule is Nc1ccc(=O)n(CC(=O)NCC2CCSCC2)c1. The van der Waals surface area contributed by atoms with Crippen LogP contribution < -0.4 is 16.6 Å². The van der Waals surface area contributed by atoms with Crippen molar-refractivity contribution in [3.8, 4) is 0 Å². The van der Waals surface area contributed by atoms with Gasteiger partial charge >= 0.3 is 0 Å². The molecule has 5 nitrogen and oxygen atoms in total. The molecule has 1 aliphatic heterocycles. The van der Waals surface area contributed by atoms with E-state index < -0.39 is 0 Å². The largest absolute Gasteiger partial charge is 0.398 e. The summed E-state index contributed by atoms with van der Waals surface area (Å²) in [6.45, 7) is 0.738. The van der Waals surface area contributed by atoms with Crippen LogP contribution in [0.2, 0.25) is 0 Å². The van der Waals surface area contributed by atoms with Crippen LogP contribution >= 0.6 is 11.8 Å². The molecule has 1 aromatic rings. The lowest BCUT2D eigenvalue weighted by atomic mass is 10.0. The Hall–Kier alpha value is -1.43. The average molecular weight is 281 g/mol. The molecule has 0 unspecified atom stereocenters. The van der Waals surface area contributed by atoms with Crippen molar-refractivity contribution < 1.29 is 4.79 Å². The van der Waals surface area contributed by atoms with Gasteiger partial charge in [-0.1, -0.05) is 0 Å². The molecule has 0 atom stereocenters. The van der Waals surface area contributed by atoms with Gasteiger partial charge in [-0.05, 0) is 36.3 Å². The number of hydrogen-bond donors (Lipinski definition) is 2. The van der Waals surface area contributed by atoms with E-state index in [0.717, 1.165) is 12.8 Å². The van der Waals surface area contributed by atoms with Crippen molar-refractivity contribution in [2.45, 2.75) is 19.4 Å². The zero-order valence-corrected chi connectivity index (χ0v) is 11.6. The standard InChI is InChI=1S/C13H19N3O2S/c14-11-1-2-13(18)16(8-11)9-12(17)15-7-10-3-5-19-6-4-10/h1-2,8,10H,3-7,9,14H2,(H,15,17). The Morgan fingerprint density at radius 3 is 2.89 bits per heavy atom. The summed E-state index contributed by atoms with van der Waals surface area (Å²) >= 11 is 1.97.